The third kappa shape index (κ3) is 3.44. The van der Waals surface area contributed by atoms with Crippen molar-refractivity contribution >= 4 is 23.6 Å². The minimum atomic E-state index is -0.689. The van der Waals surface area contributed by atoms with E-state index < -0.39 is 12.0 Å². The third-order valence-electron chi connectivity index (χ3n) is 4.08. The Hall–Kier alpha value is -2.33. The molecule has 2 atom stereocenters. The minimum Gasteiger partial charge on any atom is -0.447 e. The van der Waals surface area contributed by atoms with Gasteiger partial charge >= 0.3 is 6.09 Å². The van der Waals surface area contributed by atoms with Crippen LogP contribution in [-0.2, 0) is 16.0 Å². The largest absolute Gasteiger partial charge is 0.447 e. The highest BCUT2D eigenvalue weighted by atomic mass is 35.5. The maximum absolute atomic E-state index is 12.8. The number of hydrogen-bond acceptors (Lipinski definition) is 3. The van der Waals surface area contributed by atoms with Crippen LogP contribution >= 0.6 is 11.6 Å². The molecule has 24 heavy (non-hydrogen) atoms. The van der Waals surface area contributed by atoms with Crippen molar-refractivity contribution in [2.24, 2.45) is 0 Å². The first-order valence-electron chi connectivity index (χ1n) is 7.68. The van der Waals surface area contributed by atoms with Crippen LogP contribution in [0.3, 0.4) is 0 Å². The molecule has 4 nitrogen and oxygen atoms in total. The highest BCUT2D eigenvalue weighted by Gasteiger charge is 2.39. The lowest BCUT2D eigenvalue weighted by Crippen LogP contribution is -2.42. The van der Waals surface area contributed by atoms with Crippen molar-refractivity contribution in [3.8, 4) is 0 Å². The topological polar surface area (TPSA) is 46.6 Å². The van der Waals surface area contributed by atoms with E-state index in [4.69, 9.17) is 16.3 Å². The highest BCUT2D eigenvalue weighted by molar-refractivity contribution is 6.30. The molecule has 0 N–H and O–H groups in total. The lowest BCUT2D eigenvalue weighted by atomic mass is 9.98. The predicted molar refractivity (Wildman–Crippen MR) is 91.7 cm³/mol. The lowest BCUT2D eigenvalue weighted by molar-refractivity contribution is -0.129. The number of carbonyl (C=O) groups is 2. The van der Waals surface area contributed by atoms with Gasteiger partial charge in [-0.3, -0.25) is 4.79 Å². The molecular formula is C19H17ClNO3. The molecule has 2 aromatic rings. The van der Waals surface area contributed by atoms with E-state index in [9.17, 15) is 9.59 Å². The maximum Gasteiger partial charge on any atom is 0.417 e. The lowest BCUT2D eigenvalue weighted by Gasteiger charge is -2.23. The number of benzene rings is 2. The molecule has 3 rings (SSSR count). The molecule has 0 bridgehead atoms. The molecule has 0 aliphatic carbocycles. The molecule has 5 heteroatoms. The standard InChI is InChI=1S/C19H17ClNO3/c1-13(15-7-9-16(20)10-8-15)18(22)21-17(12-24-19(21)23)11-14-5-3-2-4-6-14/h2-10,13,17H,1,11-12H2/t13-,17-/m0/s1. The summed E-state index contributed by atoms with van der Waals surface area (Å²) in [4.78, 5) is 26.0. The molecule has 1 heterocycles. The van der Waals surface area contributed by atoms with Crippen LogP contribution in [0.1, 0.15) is 17.0 Å². The van der Waals surface area contributed by atoms with Gasteiger partial charge in [-0.2, -0.15) is 0 Å². The summed E-state index contributed by atoms with van der Waals surface area (Å²) in [7, 11) is 0. The Morgan fingerprint density at radius 3 is 2.54 bits per heavy atom. The van der Waals surface area contributed by atoms with Crippen molar-refractivity contribution < 1.29 is 14.3 Å². The number of imide groups is 1. The molecule has 123 valence electrons. The second kappa shape index (κ2) is 7.05. The Bertz CT molecular complexity index is 730. The van der Waals surface area contributed by atoms with Crippen LogP contribution in [0.4, 0.5) is 4.79 Å². The van der Waals surface area contributed by atoms with Gasteiger partial charge in [0.05, 0.1) is 12.0 Å². The number of carbonyl (C=O) groups excluding carboxylic acids is 2. The van der Waals surface area contributed by atoms with Gasteiger partial charge in [0.25, 0.3) is 0 Å². The van der Waals surface area contributed by atoms with E-state index in [0.29, 0.717) is 17.0 Å². The Morgan fingerprint density at radius 1 is 1.21 bits per heavy atom. The molecule has 1 saturated heterocycles. The quantitative estimate of drug-likeness (QED) is 0.848. The SMILES string of the molecule is [CH2][C@H](C(=O)N1C(=O)OC[C@@H]1Cc1ccccc1)c1ccc(Cl)cc1. The van der Waals surface area contributed by atoms with Crippen LogP contribution in [0.5, 0.6) is 0 Å². The molecule has 0 aromatic heterocycles. The first-order chi connectivity index (χ1) is 11.6. The number of ether oxygens (including phenoxy) is 1. The van der Waals surface area contributed by atoms with Crippen LogP contribution in [0, 0.1) is 6.92 Å². The molecule has 1 aliphatic heterocycles. The molecule has 0 spiro atoms. The highest BCUT2D eigenvalue weighted by Crippen LogP contribution is 2.25. The Kier molecular flexibility index (Phi) is 4.86. The molecular weight excluding hydrogens is 326 g/mol. The normalized spacial score (nSPS) is 18.3. The van der Waals surface area contributed by atoms with E-state index in [2.05, 4.69) is 6.92 Å². The molecule has 1 aliphatic rings. The fourth-order valence-electron chi connectivity index (χ4n) is 2.77. The molecule has 2 aromatic carbocycles. The smallest absolute Gasteiger partial charge is 0.417 e. The first kappa shape index (κ1) is 16.5. The van der Waals surface area contributed by atoms with Crippen molar-refractivity contribution in [2.75, 3.05) is 6.61 Å². The van der Waals surface area contributed by atoms with Gasteiger partial charge in [0.2, 0.25) is 5.91 Å². The van der Waals surface area contributed by atoms with Crippen LogP contribution in [-0.4, -0.2) is 29.5 Å². The summed E-state index contributed by atoms with van der Waals surface area (Å²) in [5.41, 5.74) is 1.76. The second-order valence-electron chi connectivity index (χ2n) is 5.73. The second-order valence-corrected chi connectivity index (χ2v) is 6.17. The number of nitrogens with zero attached hydrogens (tertiary/aromatic N) is 1. The van der Waals surface area contributed by atoms with Gasteiger partial charge in [-0.05, 0) is 36.6 Å². The van der Waals surface area contributed by atoms with Crippen LogP contribution < -0.4 is 0 Å². The monoisotopic (exact) mass is 342 g/mol. The van der Waals surface area contributed by atoms with Gasteiger partial charge in [0.15, 0.2) is 0 Å². The fourth-order valence-corrected chi connectivity index (χ4v) is 2.90. The van der Waals surface area contributed by atoms with E-state index in [0.717, 1.165) is 5.56 Å². The first-order valence-corrected chi connectivity index (χ1v) is 8.06. The van der Waals surface area contributed by atoms with Gasteiger partial charge < -0.3 is 4.74 Å². The molecule has 0 saturated carbocycles. The Balaban J connectivity index is 1.78. The van der Waals surface area contributed by atoms with E-state index in [1.54, 1.807) is 24.3 Å². The zero-order valence-electron chi connectivity index (χ0n) is 13.0. The van der Waals surface area contributed by atoms with Gasteiger partial charge in [0.1, 0.15) is 6.61 Å². The Morgan fingerprint density at radius 2 is 1.88 bits per heavy atom. The van der Waals surface area contributed by atoms with Crippen LogP contribution in [0.2, 0.25) is 5.02 Å². The summed E-state index contributed by atoms with van der Waals surface area (Å²) in [6.45, 7) is 4.12. The van der Waals surface area contributed by atoms with Crippen LogP contribution in [0.15, 0.2) is 54.6 Å². The van der Waals surface area contributed by atoms with Crippen molar-refractivity contribution in [1.82, 2.24) is 4.90 Å². The summed E-state index contributed by atoms with van der Waals surface area (Å²) >= 11 is 5.87. The average molecular weight is 343 g/mol. The number of halogens is 1. The van der Waals surface area contributed by atoms with Crippen molar-refractivity contribution in [2.45, 2.75) is 18.4 Å². The maximum atomic E-state index is 12.8. The number of hydrogen-bond donors (Lipinski definition) is 0. The summed E-state index contributed by atoms with van der Waals surface area (Å²) in [5.74, 6) is -1.05. The predicted octanol–water partition coefficient (Wildman–Crippen LogP) is 3.85. The van der Waals surface area contributed by atoms with Crippen molar-refractivity contribution in [3.63, 3.8) is 0 Å². The van der Waals surface area contributed by atoms with E-state index in [-0.39, 0.29) is 18.6 Å². The van der Waals surface area contributed by atoms with E-state index in [1.165, 1.54) is 4.90 Å². The third-order valence-corrected chi connectivity index (χ3v) is 4.34. The summed E-state index contributed by atoms with van der Waals surface area (Å²) in [6, 6.07) is 16.3. The Labute approximate surface area is 146 Å². The van der Waals surface area contributed by atoms with Gasteiger partial charge in [-0.25, -0.2) is 9.69 Å². The molecule has 2 amide bonds. The summed E-state index contributed by atoms with van der Waals surface area (Å²) < 4.78 is 5.09. The van der Waals surface area contributed by atoms with Gasteiger partial charge in [-0.1, -0.05) is 54.1 Å². The number of rotatable bonds is 4. The average Bonchev–Trinajstić information content (AvgIpc) is 2.95. The summed E-state index contributed by atoms with van der Waals surface area (Å²) in [5, 5.41) is 0.584. The number of amides is 2. The number of cyclic esters (lactones) is 1. The molecule has 1 radical (unpaired) electrons. The molecule has 1 fully saturated rings. The zero-order valence-corrected chi connectivity index (χ0v) is 13.8. The van der Waals surface area contributed by atoms with Gasteiger partial charge in [0, 0.05) is 5.02 Å². The van der Waals surface area contributed by atoms with Crippen LogP contribution in [0.25, 0.3) is 0 Å². The summed E-state index contributed by atoms with van der Waals surface area (Å²) in [6.07, 6.45) is -0.0467. The zero-order chi connectivity index (χ0) is 17.1. The van der Waals surface area contributed by atoms with E-state index in [1.807, 2.05) is 30.3 Å². The fraction of sp³-hybridized carbons (Fsp3) is 0.211. The van der Waals surface area contributed by atoms with Crippen molar-refractivity contribution in [1.29, 1.82) is 0 Å². The van der Waals surface area contributed by atoms with Crippen molar-refractivity contribution in [3.05, 3.63) is 77.7 Å². The van der Waals surface area contributed by atoms with E-state index >= 15 is 0 Å². The molecule has 0 unspecified atom stereocenters. The minimum absolute atomic E-state index is 0.201. The van der Waals surface area contributed by atoms with Gasteiger partial charge in [-0.15, -0.1) is 0 Å².